The van der Waals surface area contributed by atoms with Crippen molar-refractivity contribution in [3.8, 4) is 33.3 Å². The first-order valence-corrected chi connectivity index (χ1v) is 15.6. The van der Waals surface area contributed by atoms with Crippen LogP contribution in [0.3, 0.4) is 0 Å². The minimum absolute atomic E-state index is 0.101. The van der Waals surface area contributed by atoms with Gasteiger partial charge in [0.2, 0.25) is 0 Å². The average molecular weight is 594 g/mol. The Morgan fingerprint density at radius 2 is 1.95 bits per heavy atom. The maximum absolute atomic E-state index is 13.1. The summed E-state index contributed by atoms with van der Waals surface area (Å²) in [6.45, 7) is 7.81. The lowest BCUT2D eigenvalue weighted by Crippen LogP contribution is -2.51. The summed E-state index contributed by atoms with van der Waals surface area (Å²) in [5, 5.41) is 11.8. The highest BCUT2D eigenvalue weighted by Gasteiger charge is 2.29. The Balaban J connectivity index is 1.15. The van der Waals surface area contributed by atoms with Crippen LogP contribution in [0.15, 0.2) is 57.7 Å². The lowest BCUT2D eigenvalue weighted by molar-refractivity contribution is -0.152. The number of amides is 2. The van der Waals surface area contributed by atoms with Gasteiger partial charge in [0.1, 0.15) is 21.3 Å². The van der Waals surface area contributed by atoms with E-state index in [0.29, 0.717) is 22.9 Å². The molecule has 1 aromatic carbocycles. The van der Waals surface area contributed by atoms with Crippen LogP contribution < -0.4 is 10.8 Å². The molecule has 2 N–H and O–H groups in total. The van der Waals surface area contributed by atoms with Crippen LogP contribution in [0, 0.1) is 0 Å². The quantitative estimate of drug-likeness (QED) is 0.171. The molecular weight excluding hydrogens is 558 g/mol. The molecule has 5 rings (SSSR count). The van der Waals surface area contributed by atoms with E-state index < -0.39 is 5.60 Å². The number of rotatable bonds is 10. The third kappa shape index (κ3) is 7.48. The summed E-state index contributed by atoms with van der Waals surface area (Å²) in [4.78, 5) is 38.9. The van der Waals surface area contributed by atoms with E-state index >= 15 is 0 Å². The lowest BCUT2D eigenvalue weighted by atomic mass is 10.0. The number of hydrogen-bond donors (Lipinski definition) is 2. The molecule has 1 fully saturated rings. The highest BCUT2D eigenvalue weighted by Crippen LogP contribution is 2.34. The van der Waals surface area contributed by atoms with Gasteiger partial charge in [-0.2, -0.15) is 0 Å². The van der Waals surface area contributed by atoms with Gasteiger partial charge in [-0.15, -0.1) is 22.7 Å². The van der Waals surface area contributed by atoms with E-state index in [-0.39, 0.29) is 17.9 Å². The van der Waals surface area contributed by atoms with E-state index in [2.05, 4.69) is 20.9 Å². The van der Waals surface area contributed by atoms with E-state index in [1.165, 1.54) is 22.7 Å². The van der Waals surface area contributed by atoms with Crippen LogP contribution in [0.1, 0.15) is 56.1 Å². The highest BCUT2D eigenvalue weighted by molar-refractivity contribution is 7.15. The number of hydrogen-bond acceptors (Lipinski definition) is 9. The second-order valence-corrected chi connectivity index (χ2v) is 12.8. The second-order valence-electron chi connectivity index (χ2n) is 11.0. The smallest absolute Gasteiger partial charge is 0.262 e. The fraction of sp³-hybridized carbons (Fsp3) is 0.400. The van der Waals surface area contributed by atoms with Crippen molar-refractivity contribution in [1.29, 1.82) is 0 Å². The first-order valence-electron chi connectivity index (χ1n) is 13.8. The fourth-order valence-corrected chi connectivity index (χ4v) is 6.41. The van der Waals surface area contributed by atoms with Gasteiger partial charge in [0.25, 0.3) is 11.8 Å². The van der Waals surface area contributed by atoms with Crippen molar-refractivity contribution in [2.75, 3.05) is 19.6 Å². The molecule has 216 valence electrons. The number of likely N-dealkylation sites (tertiary alicyclic amines) is 1. The number of thiazole rings is 1. The normalized spacial score (nSPS) is 16.0. The summed E-state index contributed by atoms with van der Waals surface area (Å²) in [5.74, 6) is 0.364. The zero-order valence-corrected chi connectivity index (χ0v) is 25.1. The molecule has 2 amide bonds. The van der Waals surface area contributed by atoms with Gasteiger partial charge in [-0.25, -0.2) is 10.5 Å². The van der Waals surface area contributed by atoms with E-state index in [4.69, 9.17) is 14.3 Å². The van der Waals surface area contributed by atoms with Gasteiger partial charge in [-0.3, -0.25) is 19.3 Å². The number of hydroxylamine groups is 1. The third-order valence-electron chi connectivity index (χ3n) is 6.72. The molecule has 41 heavy (non-hydrogen) atoms. The molecule has 1 aliphatic heterocycles. The Kier molecular flexibility index (Phi) is 9.29. The van der Waals surface area contributed by atoms with Crippen molar-refractivity contribution in [2.24, 2.45) is 0 Å². The van der Waals surface area contributed by atoms with Crippen molar-refractivity contribution < 1.29 is 18.9 Å². The first kappa shape index (κ1) is 29.1. The number of benzene rings is 1. The molecule has 1 aliphatic rings. The molecule has 4 heterocycles. The Hall–Kier alpha value is -3.38. The molecule has 4 aromatic rings. The Bertz CT molecular complexity index is 1460. The number of nitrogens with zero attached hydrogens (tertiary/aromatic N) is 3. The molecule has 0 unspecified atom stereocenters. The van der Waals surface area contributed by atoms with Crippen LogP contribution in [-0.2, 0) is 9.63 Å². The number of carbonyl (C=O) groups excluding carboxylic acids is 2. The molecule has 11 heteroatoms. The number of nitrogens with one attached hydrogen (secondary N) is 2. The standard InChI is InChI=1S/C30H35N5O4S2/c1-30(2,3)39-34-27(36)24-12-7-8-15-35(24)16-9-14-31-28(37)26-21(13-17-40-26)29-32-23(19-41-29)25-18-22(33-38-25)20-10-5-4-6-11-20/h4-6,10-11,13,17-19,24H,7-9,12,14-16H2,1-3H3,(H,31,37)(H,34,36)/t24-/m0/s1. The zero-order valence-electron chi connectivity index (χ0n) is 23.5. The van der Waals surface area contributed by atoms with Gasteiger partial charge < -0.3 is 9.84 Å². The predicted molar refractivity (Wildman–Crippen MR) is 162 cm³/mol. The number of carbonyl (C=O) groups is 2. The third-order valence-corrected chi connectivity index (χ3v) is 8.51. The van der Waals surface area contributed by atoms with Gasteiger partial charge in [0.15, 0.2) is 5.76 Å². The van der Waals surface area contributed by atoms with Gasteiger partial charge in [0.05, 0.1) is 11.6 Å². The summed E-state index contributed by atoms with van der Waals surface area (Å²) in [6, 6.07) is 13.4. The molecule has 0 radical (unpaired) electrons. The Labute approximate surface area is 247 Å². The average Bonchev–Trinajstić information content (AvgIpc) is 3.75. The summed E-state index contributed by atoms with van der Waals surface area (Å²) >= 11 is 2.87. The van der Waals surface area contributed by atoms with Gasteiger partial charge in [0, 0.05) is 35.7 Å². The molecule has 0 saturated carbocycles. The van der Waals surface area contributed by atoms with Gasteiger partial charge >= 0.3 is 0 Å². The lowest BCUT2D eigenvalue weighted by Gasteiger charge is -2.35. The van der Waals surface area contributed by atoms with Gasteiger partial charge in [-0.1, -0.05) is 41.9 Å². The van der Waals surface area contributed by atoms with E-state index in [1.807, 2.05) is 74.0 Å². The minimum Gasteiger partial charge on any atom is -0.354 e. The Morgan fingerprint density at radius 1 is 1.12 bits per heavy atom. The number of piperidine rings is 1. The van der Waals surface area contributed by atoms with Crippen molar-refractivity contribution in [3.63, 3.8) is 0 Å². The van der Waals surface area contributed by atoms with E-state index in [9.17, 15) is 9.59 Å². The van der Waals surface area contributed by atoms with Crippen LogP contribution in [0.5, 0.6) is 0 Å². The second kappa shape index (κ2) is 13.1. The molecule has 3 aromatic heterocycles. The molecule has 0 aliphatic carbocycles. The topological polar surface area (TPSA) is 110 Å². The SMILES string of the molecule is CC(C)(C)ONC(=O)[C@@H]1CCCCN1CCCNC(=O)c1sccc1-c1nc(-c2cc(-c3ccccc3)no2)cs1. The van der Waals surface area contributed by atoms with Crippen molar-refractivity contribution in [3.05, 3.63) is 58.1 Å². The van der Waals surface area contributed by atoms with Crippen LogP contribution in [0.4, 0.5) is 0 Å². The highest BCUT2D eigenvalue weighted by atomic mass is 32.1. The van der Waals surface area contributed by atoms with Crippen LogP contribution in [0.2, 0.25) is 0 Å². The minimum atomic E-state index is -0.442. The van der Waals surface area contributed by atoms with Gasteiger partial charge in [-0.05, 0) is 58.0 Å². The van der Waals surface area contributed by atoms with Crippen molar-refractivity contribution >= 4 is 34.5 Å². The summed E-state index contributed by atoms with van der Waals surface area (Å²) in [5.41, 5.74) is 5.40. The molecule has 9 nitrogen and oxygen atoms in total. The largest absolute Gasteiger partial charge is 0.354 e. The number of thiophene rings is 1. The summed E-state index contributed by atoms with van der Waals surface area (Å²) < 4.78 is 5.56. The fourth-order valence-electron chi connectivity index (χ4n) is 4.70. The van der Waals surface area contributed by atoms with E-state index in [0.717, 1.165) is 60.6 Å². The summed E-state index contributed by atoms with van der Waals surface area (Å²) in [7, 11) is 0. The summed E-state index contributed by atoms with van der Waals surface area (Å²) in [6.07, 6.45) is 3.63. The maximum atomic E-state index is 13.1. The van der Waals surface area contributed by atoms with Crippen LogP contribution in [-0.4, -0.2) is 58.1 Å². The van der Waals surface area contributed by atoms with Crippen LogP contribution in [0.25, 0.3) is 33.3 Å². The van der Waals surface area contributed by atoms with Crippen molar-refractivity contribution in [2.45, 2.75) is 58.1 Å². The molecule has 0 spiro atoms. The van der Waals surface area contributed by atoms with Crippen LogP contribution >= 0.6 is 22.7 Å². The number of aromatic nitrogens is 2. The first-order chi connectivity index (χ1) is 19.8. The monoisotopic (exact) mass is 593 g/mol. The molecule has 0 bridgehead atoms. The Morgan fingerprint density at radius 3 is 2.76 bits per heavy atom. The van der Waals surface area contributed by atoms with Crippen molar-refractivity contribution in [1.82, 2.24) is 25.8 Å². The van der Waals surface area contributed by atoms with E-state index in [1.54, 1.807) is 0 Å². The molecule has 1 saturated heterocycles. The predicted octanol–water partition coefficient (Wildman–Crippen LogP) is 6.01. The molecular formula is C30H35N5O4S2. The maximum Gasteiger partial charge on any atom is 0.262 e. The zero-order chi connectivity index (χ0) is 28.8. The molecule has 1 atom stereocenters.